The number of sulfone groups is 1. The first kappa shape index (κ1) is 13.7. The first-order chi connectivity index (χ1) is 8.81. The molecule has 0 bridgehead atoms. The van der Waals surface area contributed by atoms with Gasteiger partial charge in [-0.25, -0.2) is 8.42 Å². The number of nitrogens with zero attached hydrogens (tertiary/aromatic N) is 2. The molecule has 0 aliphatic carbocycles. The van der Waals surface area contributed by atoms with Crippen LogP contribution >= 0.6 is 0 Å². The molecule has 0 amide bonds. The zero-order chi connectivity index (χ0) is 14.1. The zero-order valence-corrected chi connectivity index (χ0v) is 12.0. The number of hydrogen-bond donors (Lipinski definition) is 1. The van der Waals surface area contributed by atoms with E-state index in [1.54, 1.807) is 20.0 Å². The van der Waals surface area contributed by atoms with Gasteiger partial charge in [0.05, 0.1) is 22.1 Å². The van der Waals surface area contributed by atoms with E-state index in [0.29, 0.717) is 6.54 Å². The van der Waals surface area contributed by atoms with Crippen molar-refractivity contribution in [1.82, 2.24) is 10.2 Å². The third-order valence-corrected chi connectivity index (χ3v) is 5.41. The van der Waals surface area contributed by atoms with Crippen LogP contribution in [0.25, 0.3) is 10.9 Å². The Balaban J connectivity index is 2.28. The van der Waals surface area contributed by atoms with Gasteiger partial charge in [-0.3, -0.25) is 0 Å². The SMILES string of the molecule is CC(C)(CNc1cnnc2ccccc12)S(C)(=O)=O. The molecular weight excluding hydrogens is 262 g/mol. The molecule has 6 heteroatoms. The number of rotatable bonds is 4. The summed E-state index contributed by atoms with van der Waals surface area (Å²) in [4.78, 5) is 0. The molecule has 1 aromatic heterocycles. The maximum absolute atomic E-state index is 11.7. The summed E-state index contributed by atoms with van der Waals surface area (Å²) in [5, 5.41) is 12.0. The fourth-order valence-corrected chi connectivity index (χ4v) is 1.92. The van der Waals surface area contributed by atoms with E-state index in [1.807, 2.05) is 24.3 Å². The van der Waals surface area contributed by atoms with Gasteiger partial charge in [-0.2, -0.15) is 10.2 Å². The van der Waals surface area contributed by atoms with Crippen molar-refractivity contribution in [2.24, 2.45) is 0 Å². The number of benzene rings is 1. The fraction of sp³-hybridized carbons (Fsp3) is 0.385. The van der Waals surface area contributed by atoms with Crippen LogP contribution in [0.5, 0.6) is 0 Å². The van der Waals surface area contributed by atoms with Gasteiger partial charge in [0.2, 0.25) is 0 Å². The molecule has 0 atom stereocenters. The van der Waals surface area contributed by atoms with Gasteiger partial charge in [0.25, 0.3) is 0 Å². The average molecular weight is 279 g/mol. The van der Waals surface area contributed by atoms with Crippen molar-refractivity contribution in [3.63, 3.8) is 0 Å². The molecule has 0 fully saturated rings. The molecular formula is C13H17N3O2S. The number of fused-ring (bicyclic) bond motifs is 1. The second kappa shape index (κ2) is 4.77. The Morgan fingerprint density at radius 3 is 2.63 bits per heavy atom. The lowest BCUT2D eigenvalue weighted by Crippen LogP contribution is -2.38. The third-order valence-electron chi connectivity index (χ3n) is 3.25. The minimum atomic E-state index is -3.12. The summed E-state index contributed by atoms with van der Waals surface area (Å²) >= 11 is 0. The largest absolute Gasteiger partial charge is 0.382 e. The highest BCUT2D eigenvalue weighted by molar-refractivity contribution is 7.92. The second-order valence-corrected chi connectivity index (χ2v) is 7.81. The molecule has 0 saturated carbocycles. The van der Waals surface area contributed by atoms with Crippen molar-refractivity contribution in [3.05, 3.63) is 30.5 Å². The van der Waals surface area contributed by atoms with Gasteiger partial charge in [-0.15, -0.1) is 0 Å². The minimum absolute atomic E-state index is 0.321. The molecule has 19 heavy (non-hydrogen) atoms. The van der Waals surface area contributed by atoms with Gasteiger partial charge >= 0.3 is 0 Å². The first-order valence-electron chi connectivity index (χ1n) is 5.95. The molecule has 0 saturated heterocycles. The molecule has 1 heterocycles. The molecule has 0 radical (unpaired) electrons. The smallest absolute Gasteiger partial charge is 0.154 e. The average Bonchev–Trinajstić information content (AvgIpc) is 2.35. The molecule has 0 unspecified atom stereocenters. The summed E-state index contributed by atoms with van der Waals surface area (Å²) in [6, 6.07) is 7.60. The Morgan fingerprint density at radius 2 is 1.95 bits per heavy atom. The zero-order valence-electron chi connectivity index (χ0n) is 11.2. The standard InChI is InChI=1S/C13H17N3O2S/c1-13(2,19(3,17)18)9-14-12-8-15-16-11-7-5-4-6-10(11)12/h4-8H,9H2,1-3H3,(H,14,16). The van der Waals surface area contributed by atoms with Gasteiger partial charge in [0, 0.05) is 18.2 Å². The van der Waals surface area contributed by atoms with Crippen LogP contribution < -0.4 is 5.32 Å². The van der Waals surface area contributed by atoms with E-state index < -0.39 is 14.6 Å². The molecule has 102 valence electrons. The van der Waals surface area contributed by atoms with Crippen LogP contribution in [0.2, 0.25) is 0 Å². The lowest BCUT2D eigenvalue weighted by molar-refractivity contribution is 0.560. The van der Waals surface area contributed by atoms with Gasteiger partial charge in [-0.1, -0.05) is 18.2 Å². The molecule has 1 N–H and O–H groups in total. The summed E-state index contributed by atoms with van der Waals surface area (Å²) in [5.41, 5.74) is 1.58. The summed E-state index contributed by atoms with van der Waals surface area (Å²) in [6.45, 7) is 3.72. The molecule has 2 aromatic rings. The first-order valence-corrected chi connectivity index (χ1v) is 7.84. The Hall–Kier alpha value is -1.69. The monoisotopic (exact) mass is 279 g/mol. The lowest BCUT2D eigenvalue weighted by atomic mass is 10.2. The number of hydrogen-bond acceptors (Lipinski definition) is 5. The van der Waals surface area contributed by atoms with Crippen LogP contribution in [0.1, 0.15) is 13.8 Å². The van der Waals surface area contributed by atoms with Crippen LogP contribution in [-0.2, 0) is 9.84 Å². The lowest BCUT2D eigenvalue weighted by Gasteiger charge is -2.23. The summed E-state index contributed by atoms with van der Waals surface area (Å²) < 4.78 is 22.5. The molecule has 0 spiro atoms. The molecule has 5 nitrogen and oxygen atoms in total. The minimum Gasteiger partial charge on any atom is -0.382 e. The van der Waals surface area contributed by atoms with Crippen LogP contribution in [0.15, 0.2) is 30.5 Å². The van der Waals surface area contributed by atoms with E-state index in [2.05, 4.69) is 15.5 Å². The number of aromatic nitrogens is 2. The highest BCUT2D eigenvalue weighted by Gasteiger charge is 2.29. The maximum Gasteiger partial charge on any atom is 0.154 e. The summed E-state index contributed by atoms with van der Waals surface area (Å²) in [5.74, 6) is 0. The van der Waals surface area contributed by atoms with Crippen molar-refractivity contribution < 1.29 is 8.42 Å². The van der Waals surface area contributed by atoms with Crippen LogP contribution in [0.3, 0.4) is 0 Å². The van der Waals surface area contributed by atoms with Gasteiger partial charge in [-0.05, 0) is 19.9 Å². The van der Waals surface area contributed by atoms with Gasteiger partial charge < -0.3 is 5.32 Å². The third kappa shape index (κ3) is 2.84. The van der Waals surface area contributed by atoms with Crippen LogP contribution in [0, 0.1) is 0 Å². The van der Waals surface area contributed by atoms with Crippen molar-refractivity contribution in [2.45, 2.75) is 18.6 Å². The highest BCUT2D eigenvalue weighted by Crippen LogP contribution is 2.22. The fourth-order valence-electron chi connectivity index (χ4n) is 1.59. The summed E-state index contributed by atoms with van der Waals surface area (Å²) in [7, 11) is -3.12. The van der Waals surface area contributed by atoms with Crippen molar-refractivity contribution >= 4 is 26.4 Å². The van der Waals surface area contributed by atoms with Crippen LogP contribution in [-0.4, -0.2) is 36.2 Å². The van der Waals surface area contributed by atoms with Crippen molar-refractivity contribution in [1.29, 1.82) is 0 Å². The molecule has 0 aliphatic rings. The Labute approximate surface area is 113 Å². The van der Waals surface area contributed by atoms with Crippen molar-refractivity contribution in [2.75, 3.05) is 18.1 Å². The predicted molar refractivity (Wildman–Crippen MR) is 77.0 cm³/mol. The number of nitrogens with one attached hydrogen (secondary N) is 1. The van der Waals surface area contributed by atoms with Gasteiger partial charge in [0.1, 0.15) is 0 Å². The quantitative estimate of drug-likeness (QED) is 0.925. The van der Waals surface area contributed by atoms with E-state index in [1.165, 1.54) is 6.26 Å². The Bertz CT molecular complexity index is 691. The molecule has 1 aromatic carbocycles. The van der Waals surface area contributed by atoms with Crippen LogP contribution in [0.4, 0.5) is 5.69 Å². The predicted octanol–water partition coefficient (Wildman–Crippen LogP) is 1.86. The van der Waals surface area contributed by atoms with Gasteiger partial charge in [0.15, 0.2) is 9.84 Å². The number of anilines is 1. The molecule has 2 rings (SSSR count). The highest BCUT2D eigenvalue weighted by atomic mass is 32.2. The van der Waals surface area contributed by atoms with E-state index in [9.17, 15) is 8.42 Å². The molecule has 0 aliphatic heterocycles. The van der Waals surface area contributed by atoms with E-state index >= 15 is 0 Å². The second-order valence-electron chi connectivity index (χ2n) is 5.16. The maximum atomic E-state index is 11.7. The Kier molecular flexibility index (Phi) is 3.45. The topological polar surface area (TPSA) is 72.0 Å². The Morgan fingerprint density at radius 1 is 1.26 bits per heavy atom. The van der Waals surface area contributed by atoms with E-state index in [0.717, 1.165) is 16.6 Å². The van der Waals surface area contributed by atoms with E-state index in [4.69, 9.17) is 0 Å². The summed E-state index contributed by atoms with van der Waals surface area (Å²) in [6.07, 6.45) is 2.86. The normalized spacial score (nSPS) is 12.6. The van der Waals surface area contributed by atoms with Crippen molar-refractivity contribution in [3.8, 4) is 0 Å². The van der Waals surface area contributed by atoms with E-state index in [-0.39, 0.29) is 0 Å².